The molecule has 1 heterocycles. The first-order valence-electron chi connectivity index (χ1n) is 6.23. The summed E-state index contributed by atoms with van der Waals surface area (Å²) in [5, 5.41) is 0. The molecule has 0 aromatic heterocycles. The third-order valence-corrected chi connectivity index (χ3v) is 3.56. The number of amides is 2. The van der Waals surface area contributed by atoms with Crippen LogP contribution < -0.4 is 0 Å². The van der Waals surface area contributed by atoms with Gasteiger partial charge in [0.05, 0.1) is 6.04 Å². The molecule has 0 aromatic rings. The summed E-state index contributed by atoms with van der Waals surface area (Å²) in [5.74, 6) is -0.474. The Morgan fingerprint density at radius 3 is 2.53 bits per heavy atom. The predicted molar refractivity (Wildman–Crippen MR) is 62.0 cm³/mol. The van der Waals surface area contributed by atoms with Crippen LogP contribution in [0.25, 0.3) is 0 Å². The van der Waals surface area contributed by atoms with Crippen molar-refractivity contribution in [1.82, 2.24) is 4.90 Å². The zero-order chi connectivity index (χ0) is 12.4. The Balaban J connectivity index is 2.12. The monoisotopic (exact) mass is 235 g/mol. The first-order chi connectivity index (χ1) is 8.15. The number of ketones is 1. The molecule has 4 heteroatoms. The van der Waals surface area contributed by atoms with E-state index >= 15 is 0 Å². The molecule has 2 atom stereocenters. The molecule has 92 valence electrons. The molecule has 2 amide bonds. The first-order valence-corrected chi connectivity index (χ1v) is 6.23. The highest BCUT2D eigenvalue weighted by Gasteiger charge is 2.41. The highest BCUT2D eigenvalue weighted by molar-refractivity contribution is 6.13. The Bertz CT molecular complexity index is 368. The van der Waals surface area contributed by atoms with Gasteiger partial charge in [-0.05, 0) is 19.3 Å². The van der Waals surface area contributed by atoms with Gasteiger partial charge in [-0.3, -0.25) is 19.3 Å². The van der Waals surface area contributed by atoms with Gasteiger partial charge in [0.25, 0.3) is 11.8 Å². The highest BCUT2D eigenvalue weighted by atomic mass is 16.2. The molecule has 2 aliphatic rings. The van der Waals surface area contributed by atoms with Crippen LogP contribution in [0.15, 0.2) is 12.2 Å². The van der Waals surface area contributed by atoms with Crippen LogP contribution in [0.3, 0.4) is 0 Å². The molecule has 17 heavy (non-hydrogen) atoms. The summed E-state index contributed by atoms with van der Waals surface area (Å²) >= 11 is 0. The largest absolute Gasteiger partial charge is 0.299 e. The second kappa shape index (κ2) is 4.82. The maximum atomic E-state index is 12.0. The average Bonchev–Trinajstić information content (AvgIpc) is 2.86. The van der Waals surface area contributed by atoms with Crippen molar-refractivity contribution >= 4 is 17.6 Å². The molecule has 0 bridgehead atoms. The summed E-state index contributed by atoms with van der Waals surface area (Å²) in [5.41, 5.74) is 0. The normalized spacial score (nSPS) is 28.2. The van der Waals surface area contributed by atoms with Gasteiger partial charge in [-0.15, -0.1) is 0 Å². The van der Waals surface area contributed by atoms with Crippen LogP contribution in [0.1, 0.15) is 39.0 Å². The lowest BCUT2D eigenvalue weighted by atomic mass is 9.94. The third kappa shape index (κ3) is 2.16. The van der Waals surface area contributed by atoms with E-state index in [0.717, 1.165) is 25.7 Å². The Hall–Kier alpha value is -1.45. The molecule has 1 fully saturated rings. The quantitative estimate of drug-likeness (QED) is 0.693. The van der Waals surface area contributed by atoms with E-state index in [0.29, 0.717) is 6.42 Å². The van der Waals surface area contributed by atoms with Gasteiger partial charge < -0.3 is 0 Å². The maximum Gasteiger partial charge on any atom is 0.253 e. The SMILES string of the molecule is CCCC(=O)[C@H]1CCC[C@@H]1N1C(=O)C=CC1=O. The second-order valence-corrected chi connectivity index (χ2v) is 4.70. The van der Waals surface area contributed by atoms with Crippen molar-refractivity contribution in [1.29, 1.82) is 0 Å². The molecular formula is C13H17NO3. The molecule has 0 aromatic carbocycles. The summed E-state index contributed by atoms with van der Waals surface area (Å²) < 4.78 is 0. The molecule has 0 unspecified atom stereocenters. The van der Waals surface area contributed by atoms with Crippen LogP contribution >= 0.6 is 0 Å². The average molecular weight is 235 g/mol. The fourth-order valence-corrected chi connectivity index (χ4v) is 2.80. The fraction of sp³-hybridized carbons (Fsp3) is 0.615. The van der Waals surface area contributed by atoms with Gasteiger partial charge in [-0.1, -0.05) is 13.3 Å². The van der Waals surface area contributed by atoms with Crippen molar-refractivity contribution in [2.24, 2.45) is 5.92 Å². The molecular weight excluding hydrogens is 218 g/mol. The number of imide groups is 1. The lowest BCUT2D eigenvalue weighted by molar-refractivity contribution is -0.141. The van der Waals surface area contributed by atoms with E-state index in [9.17, 15) is 14.4 Å². The molecule has 2 rings (SSSR count). The number of rotatable bonds is 4. The number of Topliss-reactive ketones (excluding diaryl/α,β-unsaturated/α-hetero) is 1. The van der Waals surface area contributed by atoms with Crippen LogP contribution in [0.4, 0.5) is 0 Å². The smallest absolute Gasteiger partial charge is 0.253 e. The van der Waals surface area contributed by atoms with Crippen molar-refractivity contribution in [3.8, 4) is 0 Å². The van der Waals surface area contributed by atoms with E-state index < -0.39 is 0 Å². The number of hydrogen-bond donors (Lipinski definition) is 0. The molecule has 0 N–H and O–H groups in total. The highest BCUT2D eigenvalue weighted by Crippen LogP contribution is 2.33. The maximum absolute atomic E-state index is 12.0. The van der Waals surface area contributed by atoms with Gasteiger partial charge in [0, 0.05) is 24.5 Å². The van der Waals surface area contributed by atoms with Gasteiger partial charge in [-0.2, -0.15) is 0 Å². The topological polar surface area (TPSA) is 54.5 Å². The van der Waals surface area contributed by atoms with Gasteiger partial charge in [0.1, 0.15) is 5.78 Å². The zero-order valence-electron chi connectivity index (χ0n) is 10.0. The molecule has 0 saturated heterocycles. The van der Waals surface area contributed by atoms with Crippen LogP contribution in [-0.2, 0) is 14.4 Å². The molecule has 0 radical (unpaired) electrons. The van der Waals surface area contributed by atoms with Crippen LogP contribution in [-0.4, -0.2) is 28.5 Å². The molecule has 4 nitrogen and oxygen atoms in total. The Labute approximate surface area is 101 Å². The molecule has 1 aliphatic heterocycles. The van der Waals surface area contributed by atoms with Crippen molar-refractivity contribution in [2.75, 3.05) is 0 Å². The Morgan fingerprint density at radius 1 is 1.29 bits per heavy atom. The van der Waals surface area contributed by atoms with Gasteiger partial charge in [0.15, 0.2) is 0 Å². The van der Waals surface area contributed by atoms with Crippen molar-refractivity contribution in [2.45, 2.75) is 45.1 Å². The van der Waals surface area contributed by atoms with Gasteiger partial charge >= 0.3 is 0 Å². The van der Waals surface area contributed by atoms with Crippen LogP contribution in [0.5, 0.6) is 0 Å². The van der Waals surface area contributed by atoms with Crippen molar-refractivity contribution < 1.29 is 14.4 Å². The number of hydrogen-bond acceptors (Lipinski definition) is 3. The van der Waals surface area contributed by atoms with Crippen molar-refractivity contribution in [3.63, 3.8) is 0 Å². The summed E-state index contributed by atoms with van der Waals surface area (Å²) in [4.78, 5) is 36.4. The second-order valence-electron chi connectivity index (χ2n) is 4.70. The van der Waals surface area contributed by atoms with Crippen LogP contribution in [0, 0.1) is 5.92 Å². The lowest BCUT2D eigenvalue weighted by Crippen LogP contribution is -2.44. The first kappa shape index (κ1) is 12.0. The standard InChI is InChI=1S/C13H17NO3/c1-2-4-11(15)9-5-3-6-10(9)14-12(16)7-8-13(14)17/h7-10H,2-6H2,1H3/t9-,10-/m0/s1. The summed E-state index contributed by atoms with van der Waals surface area (Å²) in [6, 6.07) is -0.205. The van der Waals surface area contributed by atoms with Crippen LogP contribution in [0.2, 0.25) is 0 Å². The molecule has 0 spiro atoms. The van der Waals surface area contributed by atoms with E-state index in [1.165, 1.54) is 17.1 Å². The minimum Gasteiger partial charge on any atom is -0.299 e. The van der Waals surface area contributed by atoms with E-state index in [2.05, 4.69) is 0 Å². The Kier molecular flexibility index (Phi) is 3.41. The third-order valence-electron chi connectivity index (χ3n) is 3.56. The fourth-order valence-electron chi connectivity index (χ4n) is 2.80. The molecule has 1 aliphatic carbocycles. The van der Waals surface area contributed by atoms with E-state index in [1.54, 1.807) is 0 Å². The lowest BCUT2D eigenvalue weighted by Gasteiger charge is -2.26. The minimum atomic E-state index is -0.267. The summed E-state index contributed by atoms with van der Waals surface area (Å²) in [6.45, 7) is 1.97. The van der Waals surface area contributed by atoms with Gasteiger partial charge in [0.2, 0.25) is 0 Å². The minimum absolute atomic E-state index is 0.136. The summed E-state index contributed by atoms with van der Waals surface area (Å²) in [6.07, 6.45) is 6.44. The van der Waals surface area contributed by atoms with Gasteiger partial charge in [-0.25, -0.2) is 0 Å². The predicted octanol–water partition coefficient (Wildman–Crippen LogP) is 1.45. The van der Waals surface area contributed by atoms with E-state index in [4.69, 9.17) is 0 Å². The summed E-state index contributed by atoms with van der Waals surface area (Å²) in [7, 11) is 0. The number of nitrogens with zero attached hydrogens (tertiary/aromatic N) is 1. The number of carbonyl (C=O) groups excluding carboxylic acids is 3. The van der Waals surface area contributed by atoms with E-state index in [-0.39, 0.29) is 29.6 Å². The molecule has 1 saturated carbocycles. The van der Waals surface area contributed by atoms with E-state index in [1.807, 2.05) is 6.92 Å². The zero-order valence-corrected chi connectivity index (χ0v) is 10.0. The van der Waals surface area contributed by atoms with Crippen molar-refractivity contribution in [3.05, 3.63) is 12.2 Å². The Morgan fingerprint density at radius 2 is 1.94 bits per heavy atom. The number of carbonyl (C=O) groups is 3.